The van der Waals surface area contributed by atoms with Gasteiger partial charge >= 0.3 is 0 Å². The van der Waals surface area contributed by atoms with Crippen molar-refractivity contribution < 1.29 is 18.0 Å². The molecule has 0 radical (unpaired) electrons. The van der Waals surface area contributed by atoms with Gasteiger partial charge in [0.15, 0.2) is 5.78 Å². The highest BCUT2D eigenvalue weighted by molar-refractivity contribution is 7.89. The molecule has 1 aromatic rings. The number of ketones is 1. The fourth-order valence-corrected chi connectivity index (χ4v) is 4.83. The molecule has 1 saturated heterocycles. The topological polar surface area (TPSA) is 74.8 Å². The van der Waals surface area contributed by atoms with Gasteiger partial charge in [-0.3, -0.25) is 9.59 Å². The number of rotatable bonds is 5. The number of hydrogen-bond acceptors (Lipinski definition) is 4. The van der Waals surface area contributed by atoms with Crippen molar-refractivity contribution in [1.29, 1.82) is 0 Å². The smallest absolute Gasteiger partial charge is 0.243 e. The van der Waals surface area contributed by atoms with Crippen LogP contribution in [0.15, 0.2) is 41.3 Å². The number of nitrogens with zero attached hydrogens (tertiary/aromatic N) is 2. The number of amides is 1. The van der Waals surface area contributed by atoms with Crippen LogP contribution in [0.25, 0.3) is 0 Å². The van der Waals surface area contributed by atoms with Crippen LogP contribution >= 0.6 is 0 Å². The van der Waals surface area contributed by atoms with Crippen molar-refractivity contribution >= 4 is 21.7 Å². The lowest BCUT2D eigenvalue weighted by Gasteiger charge is -2.34. The second kappa shape index (κ2) is 7.72. The van der Waals surface area contributed by atoms with Crippen molar-refractivity contribution in [3.05, 3.63) is 42.0 Å². The molecule has 1 unspecified atom stereocenters. The summed E-state index contributed by atoms with van der Waals surface area (Å²) in [6, 6.07) is 6.00. The molecule has 26 heavy (non-hydrogen) atoms. The summed E-state index contributed by atoms with van der Waals surface area (Å²) in [6.45, 7) is 2.87. The van der Waals surface area contributed by atoms with E-state index < -0.39 is 10.0 Å². The number of Topliss-reactive ketones (excluding diaryl/α,β-unsaturated/α-hetero) is 1. The minimum atomic E-state index is -3.60. The van der Waals surface area contributed by atoms with Gasteiger partial charge in [-0.25, -0.2) is 8.42 Å². The highest BCUT2D eigenvalue weighted by atomic mass is 32.2. The molecule has 3 rings (SSSR count). The van der Waals surface area contributed by atoms with Gasteiger partial charge in [-0.05, 0) is 37.8 Å². The molecule has 0 N–H and O–H groups in total. The van der Waals surface area contributed by atoms with Gasteiger partial charge < -0.3 is 4.90 Å². The monoisotopic (exact) mass is 376 g/mol. The summed E-state index contributed by atoms with van der Waals surface area (Å²) >= 11 is 0. The molecule has 1 aromatic carbocycles. The first kappa shape index (κ1) is 18.8. The molecule has 7 heteroatoms. The second-order valence-corrected chi connectivity index (χ2v) is 8.77. The van der Waals surface area contributed by atoms with E-state index in [1.807, 2.05) is 0 Å². The van der Waals surface area contributed by atoms with Crippen LogP contribution in [0, 0.1) is 5.92 Å². The lowest BCUT2D eigenvalue weighted by Crippen LogP contribution is -2.50. The maximum Gasteiger partial charge on any atom is 0.243 e. The number of benzene rings is 1. The molecule has 1 amide bonds. The Labute approximate surface area is 154 Å². The third-order valence-corrected chi connectivity index (χ3v) is 6.95. The Bertz CT molecular complexity index is 806. The van der Waals surface area contributed by atoms with Crippen LogP contribution in [-0.4, -0.2) is 55.5 Å². The highest BCUT2D eigenvalue weighted by Gasteiger charge is 2.30. The fraction of sp³-hybridized carbons (Fsp3) is 0.474. The van der Waals surface area contributed by atoms with Gasteiger partial charge in [0, 0.05) is 38.2 Å². The molecule has 0 saturated carbocycles. The molecule has 1 aliphatic heterocycles. The molecule has 1 aliphatic carbocycles. The lowest BCUT2D eigenvalue weighted by molar-refractivity contribution is -0.133. The normalized spacial score (nSPS) is 21.1. The Kier molecular flexibility index (Phi) is 5.58. The minimum absolute atomic E-state index is 0.0989. The summed E-state index contributed by atoms with van der Waals surface area (Å²) in [7, 11) is -3.60. The van der Waals surface area contributed by atoms with Crippen molar-refractivity contribution in [2.75, 3.05) is 26.2 Å². The maximum absolute atomic E-state index is 12.8. The summed E-state index contributed by atoms with van der Waals surface area (Å²) in [5.74, 6) is 0.326. The zero-order valence-corrected chi connectivity index (χ0v) is 15.7. The molecule has 140 valence electrons. The van der Waals surface area contributed by atoms with Crippen molar-refractivity contribution in [3.63, 3.8) is 0 Å². The average molecular weight is 376 g/mol. The molecule has 1 heterocycles. The van der Waals surface area contributed by atoms with E-state index in [0.29, 0.717) is 44.1 Å². The van der Waals surface area contributed by atoms with Crippen molar-refractivity contribution in [1.82, 2.24) is 9.21 Å². The van der Waals surface area contributed by atoms with Crippen LogP contribution in [0.4, 0.5) is 0 Å². The highest BCUT2D eigenvalue weighted by Crippen LogP contribution is 2.23. The summed E-state index contributed by atoms with van der Waals surface area (Å²) in [4.78, 5) is 25.6. The summed E-state index contributed by atoms with van der Waals surface area (Å²) in [6.07, 6.45) is 6.78. The summed E-state index contributed by atoms with van der Waals surface area (Å²) < 4.78 is 26.9. The standard InChI is InChI=1S/C19H24N2O4S/c1-15(22)17-6-8-18(9-7-17)26(24,25)21-12-10-20(11-13-21)19(23)14-16-4-2-3-5-16/h2,4,6-9,16H,3,5,10-14H2,1H3. The van der Waals surface area contributed by atoms with Crippen LogP contribution in [0.2, 0.25) is 0 Å². The van der Waals surface area contributed by atoms with E-state index in [-0.39, 0.29) is 16.6 Å². The molecule has 6 nitrogen and oxygen atoms in total. The maximum atomic E-state index is 12.8. The van der Waals surface area contributed by atoms with Crippen LogP contribution in [0.3, 0.4) is 0 Å². The summed E-state index contributed by atoms with van der Waals surface area (Å²) in [5, 5.41) is 0. The van der Waals surface area contributed by atoms with Crippen LogP contribution in [0.1, 0.15) is 36.5 Å². The van der Waals surface area contributed by atoms with Gasteiger partial charge in [0.1, 0.15) is 0 Å². The van der Waals surface area contributed by atoms with E-state index in [9.17, 15) is 18.0 Å². The van der Waals surface area contributed by atoms with E-state index in [1.54, 1.807) is 4.90 Å². The number of sulfonamides is 1. The predicted molar refractivity (Wildman–Crippen MR) is 98.3 cm³/mol. The number of allylic oxidation sites excluding steroid dienone is 2. The van der Waals surface area contributed by atoms with Gasteiger partial charge in [-0.2, -0.15) is 4.31 Å². The Hall–Kier alpha value is -1.99. The third-order valence-electron chi connectivity index (χ3n) is 5.04. The van der Waals surface area contributed by atoms with Crippen LogP contribution in [-0.2, 0) is 14.8 Å². The Balaban J connectivity index is 1.60. The number of carbonyl (C=O) groups excluding carboxylic acids is 2. The fourth-order valence-electron chi connectivity index (χ4n) is 3.41. The first-order chi connectivity index (χ1) is 12.4. The van der Waals surface area contributed by atoms with Gasteiger partial charge in [0.2, 0.25) is 15.9 Å². The Morgan fingerprint density at radius 1 is 1.08 bits per heavy atom. The molecule has 0 spiro atoms. The lowest BCUT2D eigenvalue weighted by atomic mass is 10.0. The van der Waals surface area contributed by atoms with Crippen molar-refractivity contribution in [3.8, 4) is 0 Å². The quantitative estimate of drug-likeness (QED) is 0.582. The Morgan fingerprint density at radius 2 is 1.73 bits per heavy atom. The molecule has 2 aliphatic rings. The van der Waals surface area contributed by atoms with E-state index in [0.717, 1.165) is 12.8 Å². The van der Waals surface area contributed by atoms with E-state index in [2.05, 4.69) is 12.2 Å². The molecular formula is C19H24N2O4S. The van der Waals surface area contributed by atoms with Gasteiger partial charge in [0.25, 0.3) is 0 Å². The van der Waals surface area contributed by atoms with E-state index >= 15 is 0 Å². The predicted octanol–water partition coefficient (Wildman–Crippen LogP) is 2.08. The van der Waals surface area contributed by atoms with Gasteiger partial charge in [-0.1, -0.05) is 24.3 Å². The number of carbonyl (C=O) groups is 2. The SMILES string of the molecule is CC(=O)c1ccc(S(=O)(=O)N2CCN(C(=O)CC3C=CCC3)CC2)cc1. The van der Waals surface area contributed by atoms with E-state index in [4.69, 9.17) is 0 Å². The van der Waals surface area contributed by atoms with Gasteiger partial charge in [0.05, 0.1) is 4.90 Å². The van der Waals surface area contributed by atoms with Crippen LogP contribution in [0.5, 0.6) is 0 Å². The zero-order valence-electron chi connectivity index (χ0n) is 14.9. The molecule has 0 bridgehead atoms. The first-order valence-corrected chi connectivity index (χ1v) is 10.4. The van der Waals surface area contributed by atoms with E-state index in [1.165, 1.54) is 35.5 Å². The Morgan fingerprint density at radius 3 is 2.27 bits per heavy atom. The first-order valence-electron chi connectivity index (χ1n) is 8.93. The molecule has 1 atom stereocenters. The van der Waals surface area contributed by atoms with Crippen molar-refractivity contribution in [2.45, 2.75) is 31.1 Å². The van der Waals surface area contributed by atoms with Crippen molar-refractivity contribution in [2.24, 2.45) is 5.92 Å². The molecule has 1 fully saturated rings. The largest absolute Gasteiger partial charge is 0.340 e. The molecule has 0 aromatic heterocycles. The second-order valence-electron chi connectivity index (χ2n) is 6.84. The zero-order chi connectivity index (χ0) is 18.7. The summed E-state index contributed by atoms with van der Waals surface area (Å²) in [5.41, 5.74) is 0.486. The average Bonchev–Trinajstić information content (AvgIpc) is 3.15. The third kappa shape index (κ3) is 4.04. The minimum Gasteiger partial charge on any atom is -0.340 e. The molecular weight excluding hydrogens is 352 g/mol. The van der Waals surface area contributed by atoms with Gasteiger partial charge in [-0.15, -0.1) is 0 Å². The number of piperazine rings is 1. The van der Waals surface area contributed by atoms with Crippen LogP contribution < -0.4 is 0 Å². The number of hydrogen-bond donors (Lipinski definition) is 0.